The molecule has 2 rings (SSSR count). The number of benzene rings is 1. The third-order valence-corrected chi connectivity index (χ3v) is 2.67. The van der Waals surface area contributed by atoms with Crippen molar-refractivity contribution in [2.45, 2.75) is 19.9 Å². The maximum absolute atomic E-state index is 11.6. The highest BCUT2D eigenvalue weighted by Crippen LogP contribution is 2.09. The zero-order chi connectivity index (χ0) is 13.0. The molecule has 4 nitrogen and oxygen atoms in total. The number of hydrogen-bond donors (Lipinski definition) is 1. The number of aromatic nitrogens is 1. The quantitative estimate of drug-likeness (QED) is 0.923. The van der Waals surface area contributed by atoms with E-state index in [9.17, 15) is 4.79 Å². The van der Waals surface area contributed by atoms with E-state index in [-0.39, 0.29) is 12.3 Å². The molecule has 1 heterocycles. The fraction of sp³-hybridized carbons (Fsp3) is 0.231. The SMILES string of the molecule is Cc1cc(CC(=O)NCc2ccc(Cl)cc2)no1. The third-order valence-electron chi connectivity index (χ3n) is 2.42. The Kier molecular flexibility index (Phi) is 3.99. The van der Waals surface area contributed by atoms with Gasteiger partial charge in [-0.05, 0) is 24.6 Å². The minimum absolute atomic E-state index is 0.0850. The van der Waals surface area contributed by atoms with Gasteiger partial charge < -0.3 is 9.84 Å². The van der Waals surface area contributed by atoms with Crippen LogP contribution in [0.2, 0.25) is 5.02 Å². The Bertz CT molecular complexity index is 534. The second kappa shape index (κ2) is 5.69. The monoisotopic (exact) mass is 264 g/mol. The van der Waals surface area contributed by atoms with Gasteiger partial charge in [0.05, 0.1) is 12.1 Å². The maximum atomic E-state index is 11.6. The first-order chi connectivity index (χ1) is 8.63. The molecule has 0 atom stereocenters. The lowest BCUT2D eigenvalue weighted by molar-refractivity contribution is -0.120. The van der Waals surface area contributed by atoms with E-state index in [1.807, 2.05) is 12.1 Å². The number of carbonyl (C=O) groups excluding carboxylic acids is 1. The molecular weight excluding hydrogens is 252 g/mol. The molecule has 1 aromatic carbocycles. The Hall–Kier alpha value is -1.81. The van der Waals surface area contributed by atoms with Crippen LogP contribution in [-0.4, -0.2) is 11.1 Å². The predicted octanol–water partition coefficient (Wildman–Crippen LogP) is 2.50. The Morgan fingerprint density at radius 3 is 2.72 bits per heavy atom. The molecule has 1 aromatic heterocycles. The van der Waals surface area contributed by atoms with Gasteiger partial charge in [0.25, 0.3) is 0 Å². The van der Waals surface area contributed by atoms with Crippen LogP contribution in [0.5, 0.6) is 0 Å². The maximum Gasteiger partial charge on any atom is 0.226 e. The second-order valence-electron chi connectivity index (χ2n) is 4.01. The van der Waals surface area contributed by atoms with E-state index in [1.54, 1.807) is 25.1 Å². The molecule has 5 heteroatoms. The summed E-state index contributed by atoms with van der Waals surface area (Å²) in [5.41, 5.74) is 1.64. The third kappa shape index (κ3) is 3.60. The largest absolute Gasteiger partial charge is 0.361 e. The van der Waals surface area contributed by atoms with Gasteiger partial charge in [-0.25, -0.2) is 0 Å². The standard InChI is InChI=1S/C13H13ClN2O2/c1-9-6-12(16-18-9)7-13(17)15-8-10-2-4-11(14)5-3-10/h2-6H,7-8H2,1H3,(H,15,17). The number of rotatable bonds is 4. The van der Waals surface area contributed by atoms with Crippen LogP contribution in [0.1, 0.15) is 17.0 Å². The van der Waals surface area contributed by atoms with E-state index >= 15 is 0 Å². The number of nitrogens with one attached hydrogen (secondary N) is 1. The van der Waals surface area contributed by atoms with Gasteiger partial charge in [-0.1, -0.05) is 28.9 Å². The van der Waals surface area contributed by atoms with Gasteiger partial charge in [-0.2, -0.15) is 0 Å². The summed E-state index contributed by atoms with van der Waals surface area (Å²) in [7, 11) is 0. The van der Waals surface area contributed by atoms with Crippen LogP contribution in [-0.2, 0) is 17.8 Å². The topological polar surface area (TPSA) is 55.1 Å². The summed E-state index contributed by atoms with van der Waals surface area (Å²) in [5.74, 6) is 0.619. The molecule has 2 aromatic rings. The number of halogens is 1. The lowest BCUT2D eigenvalue weighted by Crippen LogP contribution is -2.24. The molecule has 0 aliphatic carbocycles. The Morgan fingerprint density at radius 2 is 2.11 bits per heavy atom. The average molecular weight is 265 g/mol. The minimum atomic E-state index is -0.0850. The summed E-state index contributed by atoms with van der Waals surface area (Å²) in [6.45, 7) is 2.27. The van der Waals surface area contributed by atoms with E-state index in [4.69, 9.17) is 16.1 Å². The van der Waals surface area contributed by atoms with Gasteiger partial charge in [0.15, 0.2) is 0 Å². The van der Waals surface area contributed by atoms with Crippen LogP contribution in [0.4, 0.5) is 0 Å². The summed E-state index contributed by atoms with van der Waals surface area (Å²) in [4.78, 5) is 11.6. The first kappa shape index (κ1) is 12.6. The molecule has 0 unspecified atom stereocenters. The van der Waals surface area contributed by atoms with Crippen molar-refractivity contribution in [3.63, 3.8) is 0 Å². The molecule has 1 amide bonds. The Labute approximate surface area is 110 Å². The van der Waals surface area contributed by atoms with Crippen molar-refractivity contribution >= 4 is 17.5 Å². The van der Waals surface area contributed by atoms with Crippen molar-refractivity contribution in [2.75, 3.05) is 0 Å². The first-order valence-electron chi connectivity index (χ1n) is 5.57. The van der Waals surface area contributed by atoms with Gasteiger partial charge in [-0.3, -0.25) is 4.79 Å². The molecule has 94 valence electrons. The first-order valence-corrected chi connectivity index (χ1v) is 5.94. The molecule has 0 fully saturated rings. The van der Waals surface area contributed by atoms with Crippen LogP contribution in [0.25, 0.3) is 0 Å². The normalized spacial score (nSPS) is 10.3. The summed E-state index contributed by atoms with van der Waals surface area (Å²) in [6.07, 6.45) is 0.227. The average Bonchev–Trinajstić information content (AvgIpc) is 2.74. The molecule has 0 saturated carbocycles. The van der Waals surface area contributed by atoms with Crippen molar-refractivity contribution < 1.29 is 9.32 Å². The Morgan fingerprint density at radius 1 is 1.39 bits per heavy atom. The van der Waals surface area contributed by atoms with Crippen LogP contribution in [0.3, 0.4) is 0 Å². The summed E-state index contributed by atoms with van der Waals surface area (Å²) < 4.78 is 4.90. The smallest absolute Gasteiger partial charge is 0.226 e. The lowest BCUT2D eigenvalue weighted by Gasteiger charge is -2.04. The highest BCUT2D eigenvalue weighted by molar-refractivity contribution is 6.30. The highest BCUT2D eigenvalue weighted by Gasteiger charge is 2.07. The van der Waals surface area contributed by atoms with E-state index in [0.29, 0.717) is 23.0 Å². The zero-order valence-corrected chi connectivity index (χ0v) is 10.7. The Balaban J connectivity index is 1.83. The van der Waals surface area contributed by atoms with Gasteiger partial charge >= 0.3 is 0 Å². The van der Waals surface area contributed by atoms with Gasteiger partial charge in [0, 0.05) is 17.6 Å². The van der Waals surface area contributed by atoms with E-state index in [0.717, 1.165) is 5.56 Å². The fourth-order valence-electron chi connectivity index (χ4n) is 1.53. The number of aryl methyl sites for hydroxylation is 1. The fourth-order valence-corrected chi connectivity index (χ4v) is 1.66. The number of carbonyl (C=O) groups is 1. The minimum Gasteiger partial charge on any atom is -0.361 e. The molecule has 0 saturated heterocycles. The summed E-state index contributed by atoms with van der Waals surface area (Å²) >= 11 is 5.78. The highest BCUT2D eigenvalue weighted by atomic mass is 35.5. The van der Waals surface area contributed by atoms with Crippen molar-refractivity contribution in [2.24, 2.45) is 0 Å². The van der Waals surface area contributed by atoms with Crippen molar-refractivity contribution in [3.05, 3.63) is 52.4 Å². The van der Waals surface area contributed by atoms with E-state index < -0.39 is 0 Å². The van der Waals surface area contributed by atoms with E-state index in [1.165, 1.54) is 0 Å². The zero-order valence-electron chi connectivity index (χ0n) is 9.94. The second-order valence-corrected chi connectivity index (χ2v) is 4.45. The van der Waals surface area contributed by atoms with Gasteiger partial charge in [0.1, 0.15) is 5.76 Å². The number of hydrogen-bond acceptors (Lipinski definition) is 3. The van der Waals surface area contributed by atoms with Crippen LogP contribution in [0, 0.1) is 6.92 Å². The van der Waals surface area contributed by atoms with Crippen molar-refractivity contribution in [1.82, 2.24) is 10.5 Å². The van der Waals surface area contributed by atoms with E-state index in [2.05, 4.69) is 10.5 Å². The predicted molar refractivity (Wildman–Crippen MR) is 68.2 cm³/mol. The molecule has 18 heavy (non-hydrogen) atoms. The number of amides is 1. The summed E-state index contributed by atoms with van der Waals surface area (Å²) in [5, 5.41) is 7.26. The van der Waals surface area contributed by atoms with Crippen molar-refractivity contribution in [1.29, 1.82) is 0 Å². The molecule has 1 N–H and O–H groups in total. The molecule has 0 radical (unpaired) electrons. The molecule has 0 spiro atoms. The molecule has 0 aliphatic heterocycles. The number of nitrogens with zero attached hydrogens (tertiary/aromatic N) is 1. The van der Waals surface area contributed by atoms with Crippen LogP contribution >= 0.6 is 11.6 Å². The van der Waals surface area contributed by atoms with Crippen molar-refractivity contribution in [3.8, 4) is 0 Å². The molecule has 0 bridgehead atoms. The van der Waals surface area contributed by atoms with Gasteiger partial charge in [-0.15, -0.1) is 0 Å². The van der Waals surface area contributed by atoms with Crippen LogP contribution < -0.4 is 5.32 Å². The van der Waals surface area contributed by atoms with Gasteiger partial charge in [0.2, 0.25) is 5.91 Å². The van der Waals surface area contributed by atoms with Crippen LogP contribution in [0.15, 0.2) is 34.9 Å². The molecule has 0 aliphatic rings. The lowest BCUT2D eigenvalue weighted by atomic mass is 10.2. The summed E-state index contributed by atoms with van der Waals surface area (Å²) in [6, 6.07) is 9.10. The molecular formula is C13H13ClN2O2.